The summed E-state index contributed by atoms with van der Waals surface area (Å²) in [6, 6.07) is 15.8. The minimum absolute atomic E-state index is 0.00320. The number of aliphatic hydroxyl groups excluding tert-OH is 1. The van der Waals surface area contributed by atoms with E-state index in [1.807, 2.05) is 37.3 Å². The van der Waals surface area contributed by atoms with Crippen LogP contribution in [0.2, 0.25) is 0 Å². The van der Waals surface area contributed by atoms with Gasteiger partial charge in [0.2, 0.25) is 5.95 Å². The zero-order valence-electron chi connectivity index (χ0n) is 15.0. The molecular formula is C20H23N5O. The van der Waals surface area contributed by atoms with Crippen molar-refractivity contribution < 1.29 is 5.11 Å². The first-order valence-electron chi connectivity index (χ1n) is 8.61. The largest absolute Gasteiger partial charge is 0.394 e. The van der Waals surface area contributed by atoms with Gasteiger partial charge in [-0.3, -0.25) is 4.98 Å². The quantitative estimate of drug-likeness (QED) is 0.607. The predicted molar refractivity (Wildman–Crippen MR) is 104 cm³/mol. The second-order valence-corrected chi connectivity index (χ2v) is 6.25. The molecule has 6 nitrogen and oxygen atoms in total. The molecule has 26 heavy (non-hydrogen) atoms. The molecule has 0 spiro atoms. The summed E-state index contributed by atoms with van der Waals surface area (Å²) in [7, 11) is 0. The standard InChI is InChI=1S/C20H23N5O/c1-14-6-5-7-16(10-14)12-22-19-11-18(17-8-3-4-9-21-17)24-20(25-19)23-15(2)13-26/h3-11,15,26H,12-13H2,1-2H3,(H2,22,23,24,25)/t15-/m0/s1. The van der Waals surface area contributed by atoms with E-state index in [4.69, 9.17) is 0 Å². The van der Waals surface area contributed by atoms with Gasteiger partial charge in [0.25, 0.3) is 0 Å². The molecule has 0 radical (unpaired) electrons. The van der Waals surface area contributed by atoms with Crippen molar-refractivity contribution >= 4 is 11.8 Å². The molecule has 134 valence electrons. The molecule has 1 atom stereocenters. The molecule has 6 heteroatoms. The normalized spacial score (nSPS) is 11.8. The third kappa shape index (κ3) is 4.77. The van der Waals surface area contributed by atoms with Gasteiger partial charge < -0.3 is 15.7 Å². The van der Waals surface area contributed by atoms with Gasteiger partial charge in [0.15, 0.2) is 0 Å². The van der Waals surface area contributed by atoms with E-state index in [1.54, 1.807) is 6.20 Å². The molecule has 1 aromatic carbocycles. The van der Waals surface area contributed by atoms with Gasteiger partial charge in [-0.2, -0.15) is 4.98 Å². The predicted octanol–water partition coefficient (Wildman–Crippen LogP) is 3.25. The number of aryl methyl sites for hydroxylation is 1. The topological polar surface area (TPSA) is 83.0 Å². The average Bonchev–Trinajstić information content (AvgIpc) is 2.67. The molecule has 0 bridgehead atoms. The number of anilines is 2. The lowest BCUT2D eigenvalue weighted by molar-refractivity contribution is 0.281. The van der Waals surface area contributed by atoms with Gasteiger partial charge in [-0.15, -0.1) is 0 Å². The molecular weight excluding hydrogens is 326 g/mol. The fourth-order valence-corrected chi connectivity index (χ4v) is 2.53. The summed E-state index contributed by atoms with van der Waals surface area (Å²) in [5, 5.41) is 15.7. The van der Waals surface area contributed by atoms with Crippen molar-refractivity contribution in [1.29, 1.82) is 0 Å². The summed E-state index contributed by atoms with van der Waals surface area (Å²) < 4.78 is 0. The lowest BCUT2D eigenvalue weighted by Gasteiger charge is -2.14. The van der Waals surface area contributed by atoms with Crippen LogP contribution in [-0.4, -0.2) is 32.7 Å². The average molecular weight is 349 g/mol. The molecule has 3 aromatic rings. The minimum atomic E-state index is -0.140. The molecule has 2 aromatic heterocycles. The highest BCUT2D eigenvalue weighted by atomic mass is 16.3. The molecule has 0 aliphatic carbocycles. The maximum atomic E-state index is 9.28. The number of nitrogens with zero attached hydrogens (tertiary/aromatic N) is 3. The summed E-state index contributed by atoms with van der Waals surface area (Å²) in [5.74, 6) is 1.16. The van der Waals surface area contributed by atoms with Crippen LogP contribution in [-0.2, 0) is 6.54 Å². The van der Waals surface area contributed by atoms with Gasteiger partial charge in [-0.25, -0.2) is 4.98 Å². The lowest BCUT2D eigenvalue weighted by Crippen LogP contribution is -2.21. The molecule has 0 aliphatic heterocycles. The van der Waals surface area contributed by atoms with Crippen LogP contribution in [0.3, 0.4) is 0 Å². The van der Waals surface area contributed by atoms with Crippen LogP contribution in [0.25, 0.3) is 11.4 Å². The van der Waals surface area contributed by atoms with Crippen LogP contribution in [0.1, 0.15) is 18.1 Å². The first kappa shape index (κ1) is 17.8. The molecule has 0 saturated carbocycles. The van der Waals surface area contributed by atoms with Crippen LogP contribution in [0, 0.1) is 6.92 Å². The molecule has 0 fully saturated rings. The highest BCUT2D eigenvalue weighted by Crippen LogP contribution is 2.20. The van der Waals surface area contributed by atoms with Crippen LogP contribution < -0.4 is 10.6 Å². The van der Waals surface area contributed by atoms with E-state index in [9.17, 15) is 5.11 Å². The van der Waals surface area contributed by atoms with Crippen LogP contribution >= 0.6 is 0 Å². The number of hydrogen-bond acceptors (Lipinski definition) is 6. The Balaban J connectivity index is 1.86. The lowest BCUT2D eigenvalue weighted by atomic mass is 10.1. The van der Waals surface area contributed by atoms with E-state index >= 15 is 0 Å². The van der Waals surface area contributed by atoms with Gasteiger partial charge in [-0.05, 0) is 31.5 Å². The third-order valence-corrected chi connectivity index (χ3v) is 3.86. The Bertz CT molecular complexity index is 854. The maximum Gasteiger partial charge on any atom is 0.225 e. The number of rotatable bonds is 7. The highest BCUT2D eigenvalue weighted by molar-refractivity contribution is 5.61. The van der Waals surface area contributed by atoms with Gasteiger partial charge >= 0.3 is 0 Å². The van der Waals surface area contributed by atoms with Crippen molar-refractivity contribution in [3.63, 3.8) is 0 Å². The summed E-state index contributed by atoms with van der Waals surface area (Å²) in [6.07, 6.45) is 1.74. The molecule has 3 N–H and O–H groups in total. The first-order valence-corrected chi connectivity index (χ1v) is 8.61. The summed E-state index contributed by atoms with van der Waals surface area (Å²) in [4.78, 5) is 13.4. The fourth-order valence-electron chi connectivity index (χ4n) is 2.53. The molecule has 0 aliphatic rings. The zero-order chi connectivity index (χ0) is 18.4. The van der Waals surface area contributed by atoms with E-state index < -0.39 is 0 Å². The van der Waals surface area contributed by atoms with Crippen molar-refractivity contribution in [2.75, 3.05) is 17.2 Å². The van der Waals surface area contributed by atoms with E-state index in [0.29, 0.717) is 18.3 Å². The number of benzene rings is 1. The van der Waals surface area contributed by atoms with Crippen LogP contribution in [0.4, 0.5) is 11.8 Å². The molecule has 0 amide bonds. The van der Waals surface area contributed by atoms with Crippen LogP contribution in [0.15, 0.2) is 54.7 Å². The second-order valence-electron chi connectivity index (χ2n) is 6.25. The van der Waals surface area contributed by atoms with Gasteiger partial charge in [-0.1, -0.05) is 35.9 Å². The van der Waals surface area contributed by atoms with E-state index in [2.05, 4.69) is 50.7 Å². The number of aliphatic hydroxyl groups is 1. The number of hydrogen-bond donors (Lipinski definition) is 3. The van der Waals surface area contributed by atoms with Crippen LogP contribution in [0.5, 0.6) is 0 Å². The van der Waals surface area contributed by atoms with Gasteiger partial charge in [0, 0.05) is 24.8 Å². The van der Waals surface area contributed by atoms with Gasteiger partial charge in [0.1, 0.15) is 5.82 Å². The molecule has 3 rings (SSSR count). The van der Waals surface area contributed by atoms with Gasteiger partial charge in [0.05, 0.1) is 18.0 Å². The monoisotopic (exact) mass is 349 g/mol. The summed E-state index contributed by atoms with van der Waals surface area (Å²) in [5.41, 5.74) is 3.90. The smallest absolute Gasteiger partial charge is 0.225 e. The van der Waals surface area contributed by atoms with E-state index in [-0.39, 0.29) is 12.6 Å². The van der Waals surface area contributed by atoms with Crippen molar-refractivity contribution in [1.82, 2.24) is 15.0 Å². The van der Waals surface area contributed by atoms with E-state index in [0.717, 1.165) is 11.4 Å². The Morgan fingerprint density at radius 1 is 1.04 bits per heavy atom. The SMILES string of the molecule is Cc1cccc(CNc2cc(-c3ccccn3)nc(N[C@@H](C)CO)n2)c1. The first-order chi connectivity index (χ1) is 12.6. The summed E-state index contributed by atoms with van der Waals surface area (Å²) in [6.45, 7) is 4.61. The van der Waals surface area contributed by atoms with Crippen molar-refractivity contribution in [3.8, 4) is 11.4 Å². The van der Waals surface area contributed by atoms with Crippen molar-refractivity contribution in [3.05, 3.63) is 65.9 Å². The number of pyridine rings is 1. The van der Waals surface area contributed by atoms with Crippen molar-refractivity contribution in [2.24, 2.45) is 0 Å². The Labute approximate surface area is 153 Å². The summed E-state index contributed by atoms with van der Waals surface area (Å²) >= 11 is 0. The zero-order valence-corrected chi connectivity index (χ0v) is 15.0. The molecule has 0 unspecified atom stereocenters. The molecule has 2 heterocycles. The maximum absolute atomic E-state index is 9.28. The molecule has 0 saturated heterocycles. The second kappa shape index (κ2) is 8.40. The third-order valence-electron chi connectivity index (χ3n) is 3.86. The number of nitrogens with one attached hydrogen (secondary N) is 2. The minimum Gasteiger partial charge on any atom is -0.394 e. The van der Waals surface area contributed by atoms with Crippen molar-refractivity contribution in [2.45, 2.75) is 26.4 Å². The Hall–Kier alpha value is -2.99. The van der Waals surface area contributed by atoms with E-state index in [1.165, 1.54) is 11.1 Å². The Morgan fingerprint density at radius 3 is 2.65 bits per heavy atom. The fraction of sp³-hybridized carbons (Fsp3) is 0.250. The highest BCUT2D eigenvalue weighted by Gasteiger charge is 2.10. The number of aromatic nitrogens is 3. The Kier molecular flexibility index (Phi) is 5.76. The Morgan fingerprint density at radius 2 is 1.92 bits per heavy atom.